The maximum Gasteiger partial charge on any atom is 0.144 e. The van der Waals surface area contributed by atoms with Crippen molar-refractivity contribution in [3.05, 3.63) is 0 Å². The Morgan fingerprint density at radius 2 is 1.80 bits per heavy atom. The smallest absolute Gasteiger partial charge is 0.144 e. The zero-order valence-electron chi connectivity index (χ0n) is 10.0. The van der Waals surface area contributed by atoms with Gasteiger partial charge in [-0.1, -0.05) is 0 Å². The summed E-state index contributed by atoms with van der Waals surface area (Å²) < 4.78 is 15.7. The molecule has 0 aliphatic heterocycles. The van der Waals surface area contributed by atoms with Gasteiger partial charge in [0.15, 0.2) is 0 Å². The number of aliphatic hydroxyl groups is 1. The Balaban J connectivity index is 2.61. The Morgan fingerprint density at radius 1 is 1.33 bits per heavy atom. The van der Waals surface area contributed by atoms with Gasteiger partial charge >= 0.3 is 0 Å². The van der Waals surface area contributed by atoms with Crippen molar-refractivity contribution in [2.45, 2.75) is 63.7 Å². The molecule has 1 saturated carbocycles. The summed E-state index contributed by atoms with van der Waals surface area (Å²) in [5, 5.41) is 9.76. The van der Waals surface area contributed by atoms with Gasteiger partial charge in [0.05, 0.1) is 10.3 Å². The van der Waals surface area contributed by atoms with Crippen LogP contribution in [0, 0.1) is 0 Å². The van der Waals surface area contributed by atoms with Crippen LogP contribution in [0.1, 0.15) is 53.4 Å². The van der Waals surface area contributed by atoms with Crippen LogP contribution < -0.4 is 0 Å². The maximum atomic E-state index is 11.8. The van der Waals surface area contributed by atoms with E-state index >= 15 is 0 Å². The van der Waals surface area contributed by atoms with E-state index in [4.69, 9.17) is 0 Å². The van der Waals surface area contributed by atoms with E-state index in [1.54, 1.807) is 0 Å². The minimum absolute atomic E-state index is 0.285. The molecule has 1 atom stereocenters. The lowest BCUT2D eigenvalue weighted by atomic mass is 9.85. The lowest BCUT2D eigenvalue weighted by Gasteiger charge is -2.28. The average Bonchev–Trinajstić information content (AvgIpc) is 2.07. The summed E-state index contributed by atoms with van der Waals surface area (Å²) in [6, 6.07) is 0. The van der Waals surface area contributed by atoms with Crippen LogP contribution in [0.15, 0.2) is 4.40 Å². The van der Waals surface area contributed by atoms with Crippen molar-refractivity contribution in [2.75, 3.05) is 0 Å². The van der Waals surface area contributed by atoms with Crippen LogP contribution in [0.5, 0.6) is 0 Å². The number of hydrogen-bond acceptors (Lipinski definition) is 2. The molecule has 0 spiro atoms. The van der Waals surface area contributed by atoms with Gasteiger partial charge in [0.25, 0.3) is 0 Å². The van der Waals surface area contributed by atoms with E-state index in [1.807, 2.05) is 27.7 Å². The van der Waals surface area contributed by atoms with Gasteiger partial charge in [-0.05, 0) is 53.4 Å². The molecule has 1 rings (SSSR count). The van der Waals surface area contributed by atoms with Crippen LogP contribution in [0.25, 0.3) is 0 Å². The lowest BCUT2D eigenvalue weighted by molar-refractivity contribution is 0.0399. The fourth-order valence-corrected chi connectivity index (χ4v) is 2.11. The second kappa shape index (κ2) is 4.34. The molecule has 1 fully saturated rings. The Hall–Kier alpha value is -0.220. The average molecular weight is 231 g/mol. The van der Waals surface area contributed by atoms with Crippen LogP contribution in [0.2, 0.25) is 0 Å². The standard InChI is InChI=1S/C11H21NO2S/c1-10(2,3)15(14)12-9-5-7-11(4,13)8-6-9/h13H,5-8H2,1-4H3. The fraction of sp³-hybridized carbons (Fsp3) is 0.909. The number of hydrogen-bond donors (Lipinski definition) is 1. The van der Waals surface area contributed by atoms with E-state index < -0.39 is 16.6 Å². The molecule has 3 nitrogen and oxygen atoms in total. The summed E-state index contributed by atoms with van der Waals surface area (Å²) in [5.74, 6) is 0. The van der Waals surface area contributed by atoms with Gasteiger partial charge in [-0.15, -0.1) is 0 Å². The molecule has 1 aliphatic carbocycles. The van der Waals surface area contributed by atoms with E-state index in [0.717, 1.165) is 31.4 Å². The van der Waals surface area contributed by atoms with E-state index in [9.17, 15) is 9.32 Å². The third kappa shape index (κ3) is 4.03. The molecular formula is C11H21NO2S. The zero-order valence-corrected chi connectivity index (χ0v) is 10.9. The van der Waals surface area contributed by atoms with Crippen LogP contribution in [0.3, 0.4) is 0 Å². The van der Waals surface area contributed by atoms with E-state index in [0.29, 0.717) is 0 Å². The van der Waals surface area contributed by atoms with Crippen molar-refractivity contribution in [3.8, 4) is 0 Å². The van der Waals surface area contributed by atoms with Gasteiger partial charge in [-0.2, -0.15) is 4.40 Å². The van der Waals surface area contributed by atoms with E-state index in [2.05, 4.69) is 4.40 Å². The predicted molar refractivity (Wildman–Crippen MR) is 64.4 cm³/mol. The summed E-state index contributed by atoms with van der Waals surface area (Å²) in [7, 11) is -1.15. The molecule has 1 unspecified atom stereocenters. The molecule has 0 bridgehead atoms. The van der Waals surface area contributed by atoms with Crippen molar-refractivity contribution in [1.29, 1.82) is 0 Å². The van der Waals surface area contributed by atoms with Crippen molar-refractivity contribution < 1.29 is 9.32 Å². The molecular weight excluding hydrogens is 210 g/mol. The normalized spacial score (nSPS) is 30.1. The molecule has 1 N–H and O–H groups in total. The fourth-order valence-electron chi connectivity index (χ4n) is 1.42. The maximum absolute atomic E-state index is 11.8. The Morgan fingerprint density at radius 3 is 2.20 bits per heavy atom. The van der Waals surface area contributed by atoms with Crippen LogP contribution in [0.4, 0.5) is 0 Å². The summed E-state index contributed by atoms with van der Waals surface area (Å²) in [6.45, 7) is 7.62. The highest BCUT2D eigenvalue weighted by atomic mass is 32.2. The first-order chi connectivity index (χ1) is 6.71. The molecule has 0 aromatic rings. The lowest BCUT2D eigenvalue weighted by Crippen LogP contribution is -2.31. The SMILES string of the molecule is CC1(O)CCC(=NS(=O)C(C)(C)C)CC1. The van der Waals surface area contributed by atoms with Crippen molar-refractivity contribution in [1.82, 2.24) is 0 Å². The monoisotopic (exact) mass is 231 g/mol. The largest absolute Gasteiger partial charge is 0.390 e. The number of nitrogens with zero attached hydrogens (tertiary/aromatic N) is 1. The molecule has 1 aliphatic rings. The zero-order chi connectivity index (χ0) is 11.7. The third-order valence-corrected chi connectivity index (χ3v) is 4.11. The number of rotatable bonds is 1. The van der Waals surface area contributed by atoms with Gasteiger partial charge in [0.2, 0.25) is 0 Å². The molecule has 0 amide bonds. The molecule has 0 radical (unpaired) electrons. The highest BCUT2D eigenvalue weighted by Gasteiger charge is 2.27. The first-order valence-electron chi connectivity index (χ1n) is 5.41. The molecule has 0 aromatic heterocycles. The molecule has 0 aromatic carbocycles. The molecule has 0 heterocycles. The van der Waals surface area contributed by atoms with Gasteiger partial charge in [0, 0.05) is 5.71 Å². The van der Waals surface area contributed by atoms with E-state index in [1.165, 1.54) is 0 Å². The third-order valence-electron chi connectivity index (χ3n) is 2.64. The topological polar surface area (TPSA) is 49.7 Å². The van der Waals surface area contributed by atoms with Gasteiger partial charge < -0.3 is 5.11 Å². The van der Waals surface area contributed by atoms with Gasteiger partial charge in [-0.3, -0.25) is 0 Å². The first-order valence-corrected chi connectivity index (χ1v) is 6.52. The summed E-state index contributed by atoms with van der Waals surface area (Å²) in [6.07, 6.45) is 3.00. The second-order valence-electron chi connectivity index (χ2n) is 5.52. The molecule has 15 heavy (non-hydrogen) atoms. The minimum Gasteiger partial charge on any atom is -0.390 e. The summed E-state index contributed by atoms with van der Waals surface area (Å²) in [5.41, 5.74) is 0.442. The van der Waals surface area contributed by atoms with Crippen molar-refractivity contribution >= 4 is 16.7 Å². The Labute approximate surface area is 94.6 Å². The van der Waals surface area contributed by atoms with Gasteiger partial charge in [-0.25, -0.2) is 4.21 Å². The Bertz CT molecular complexity index is 277. The summed E-state index contributed by atoms with van der Waals surface area (Å²) in [4.78, 5) is 0. The predicted octanol–water partition coefficient (Wildman–Crippen LogP) is 2.21. The molecule has 88 valence electrons. The van der Waals surface area contributed by atoms with Crippen LogP contribution in [-0.2, 0) is 11.0 Å². The van der Waals surface area contributed by atoms with Crippen LogP contribution >= 0.6 is 0 Å². The minimum atomic E-state index is -1.15. The van der Waals surface area contributed by atoms with Gasteiger partial charge in [0.1, 0.15) is 11.0 Å². The van der Waals surface area contributed by atoms with Crippen molar-refractivity contribution in [2.24, 2.45) is 4.40 Å². The highest BCUT2D eigenvalue weighted by molar-refractivity contribution is 7.85. The molecule has 4 heteroatoms. The first kappa shape index (κ1) is 12.8. The quantitative estimate of drug-likeness (QED) is 0.752. The van der Waals surface area contributed by atoms with Crippen molar-refractivity contribution in [3.63, 3.8) is 0 Å². The second-order valence-corrected chi connectivity index (χ2v) is 7.42. The Kier molecular flexibility index (Phi) is 3.71. The molecule has 0 saturated heterocycles. The highest BCUT2D eigenvalue weighted by Crippen LogP contribution is 2.26. The van der Waals surface area contributed by atoms with E-state index in [-0.39, 0.29) is 4.75 Å². The van der Waals surface area contributed by atoms with Crippen LogP contribution in [-0.4, -0.2) is 25.4 Å². The summed E-state index contributed by atoms with van der Waals surface area (Å²) >= 11 is 0.